The van der Waals surface area contributed by atoms with Crippen LogP contribution in [0.2, 0.25) is 0 Å². The Labute approximate surface area is 171 Å². The summed E-state index contributed by atoms with van der Waals surface area (Å²) in [5.74, 6) is -0.338. The first-order valence-corrected chi connectivity index (χ1v) is 10.5. The number of rotatable bonds is 5. The van der Waals surface area contributed by atoms with E-state index < -0.39 is 10.0 Å². The summed E-state index contributed by atoms with van der Waals surface area (Å²) in [6.45, 7) is 1.71. The largest absolute Gasteiger partial charge is 0.322 e. The Hall–Kier alpha value is -2.46. The molecule has 0 bridgehead atoms. The molecule has 3 rings (SSSR count). The number of pyridine rings is 1. The van der Waals surface area contributed by atoms with E-state index in [0.717, 1.165) is 3.57 Å². The summed E-state index contributed by atoms with van der Waals surface area (Å²) < 4.78 is 29.1. The summed E-state index contributed by atoms with van der Waals surface area (Å²) in [6, 6.07) is 15.0. The number of sulfonamides is 1. The smallest absolute Gasteiger partial charge is 0.262 e. The molecule has 1 heterocycles. The van der Waals surface area contributed by atoms with Crippen molar-refractivity contribution >= 4 is 49.9 Å². The average Bonchev–Trinajstić information content (AvgIpc) is 2.65. The summed E-state index contributed by atoms with van der Waals surface area (Å²) in [6.07, 6.45) is 3.04. The zero-order valence-corrected chi connectivity index (χ0v) is 17.3. The lowest BCUT2D eigenvalue weighted by Gasteiger charge is -2.13. The van der Waals surface area contributed by atoms with Gasteiger partial charge in [0.25, 0.3) is 15.9 Å². The van der Waals surface area contributed by atoms with E-state index in [9.17, 15) is 13.2 Å². The number of nitrogens with zero attached hydrogens (tertiary/aromatic N) is 1. The Morgan fingerprint density at radius 3 is 2.26 bits per heavy atom. The molecule has 0 aliphatic rings. The van der Waals surface area contributed by atoms with Gasteiger partial charge in [-0.3, -0.25) is 14.5 Å². The standard InChI is InChI=1S/C19H16IN3O3S/c1-13-2-5-17(22-19(24)14-8-10-21-11-9-14)12-18(13)27(25,26)23-16-6-3-15(20)4-7-16/h2-12,23H,1H3,(H,22,24). The fourth-order valence-electron chi connectivity index (χ4n) is 2.40. The third-order valence-electron chi connectivity index (χ3n) is 3.77. The van der Waals surface area contributed by atoms with Gasteiger partial charge in [-0.15, -0.1) is 0 Å². The van der Waals surface area contributed by atoms with Gasteiger partial charge < -0.3 is 5.32 Å². The molecule has 0 unspecified atom stereocenters. The number of amides is 1. The number of hydrogen-bond donors (Lipinski definition) is 2. The molecule has 8 heteroatoms. The maximum absolute atomic E-state index is 12.8. The number of aryl methyl sites for hydroxylation is 1. The summed E-state index contributed by atoms with van der Waals surface area (Å²) >= 11 is 2.15. The van der Waals surface area contributed by atoms with Crippen LogP contribution in [-0.4, -0.2) is 19.3 Å². The Morgan fingerprint density at radius 2 is 1.59 bits per heavy atom. The molecule has 0 radical (unpaired) electrons. The molecule has 0 atom stereocenters. The number of hydrogen-bond acceptors (Lipinski definition) is 4. The molecule has 0 spiro atoms. The zero-order chi connectivity index (χ0) is 19.4. The molecular formula is C19H16IN3O3S. The molecule has 0 fully saturated rings. The molecule has 138 valence electrons. The Morgan fingerprint density at radius 1 is 0.963 bits per heavy atom. The van der Waals surface area contributed by atoms with Gasteiger partial charge in [-0.2, -0.15) is 0 Å². The van der Waals surface area contributed by atoms with Gasteiger partial charge in [0.1, 0.15) is 0 Å². The van der Waals surface area contributed by atoms with Gasteiger partial charge >= 0.3 is 0 Å². The number of nitrogens with one attached hydrogen (secondary N) is 2. The van der Waals surface area contributed by atoms with E-state index in [2.05, 4.69) is 37.6 Å². The molecule has 1 amide bonds. The Kier molecular flexibility index (Phi) is 5.76. The quantitative estimate of drug-likeness (QED) is 0.526. The van der Waals surface area contributed by atoms with Gasteiger partial charge in [-0.25, -0.2) is 8.42 Å². The first kappa shape index (κ1) is 19.3. The van der Waals surface area contributed by atoms with Gasteiger partial charge in [-0.05, 0) is 83.6 Å². The SMILES string of the molecule is Cc1ccc(NC(=O)c2ccncc2)cc1S(=O)(=O)Nc1ccc(I)cc1. The first-order chi connectivity index (χ1) is 12.8. The van der Waals surface area contributed by atoms with Gasteiger partial charge in [0, 0.05) is 32.9 Å². The fourth-order valence-corrected chi connectivity index (χ4v) is 4.09. The number of anilines is 2. The van der Waals surface area contributed by atoms with E-state index in [1.165, 1.54) is 18.5 Å². The molecule has 0 aliphatic heterocycles. The second kappa shape index (κ2) is 8.05. The normalized spacial score (nSPS) is 11.0. The molecular weight excluding hydrogens is 477 g/mol. The molecule has 0 saturated heterocycles. The molecule has 6 nitrogen and oxygen atoms in total. The van der Waals surface area contributed by atoms with E-state index >= 15 is 0 Å². The second-order valence-electron chi connectivity index (χ2n) is 5.78. The predicted octanol–water partition coefficient (Wildman–Crippen LogP) is 4.05. The van der Waals surface area contributed by atoms with Crippen molar-refractivity contribution in [1.29, 1.82) is 0 Å². The molecule has 27 heavy (non-hydrogen) atoms. The highest BCUT2D eigenvalue weighted by Gasteiger charge is 2.18. The third kappa shape index (κ3) is 4.83. The van der Waals surface area contributed by atoms with Crippen LogP contribution >= 0.6 is 22.6 Å². The summed E-state index contributed by atoms with van der Waals surface area (Å²) in [5, 5.41) is 2.71. The Balaban J connectivity index is 1.86. The third-order valence-corrected chi connectivity index (χ3v) is 6.02. The zero-order valence-electron chi connectivity index (χ0n) is 14.3. The van der Waals surface area contributed by atoms with Gasteiger partial charge in [0.15, 0.2) is 0 Å². The summed E-state index contributed by atoms with van der Waals surface area (Å²) in [4.78, 5) is 16.3. The van der Waals surface area contributed by atoms with Crippen molar-refractivity contribution in [2.24, 2.45) is 0 Å². The minimum atomic E-state index is -3.79. The van der Waals surface area contributed by atoms with Crippen LogP contribution in [-0.2, 0) is 10.0 Å². The monoisotopic (exact) mass is 493 g/mol. The maximum Gasteiger partial charge on any atom is 0.262 e. The van der Waals surface area contributed by atoms with Gasteiger partial charge in [0.05, 0.1) is 4.90 Å². The van der Waals surface area contributed by atoms with Crippen LogP contribution in [0.1, 0.15) is 15.9 Å². The highest BCUT2D eigenvalue weighted by atomic mass is 127. The number of aromatic nitrogens is 1. The first-order valence-electron chi connectivity index (χ1n) is 7.95. The summed E-state index contributed by atoms with van der Waals surface area (Å²) in [5.41, 5.74) is 1.88. The highest BCUT2D eigenvalue weighted by Crippen LogP contribution is 2.23. The van der Waals surface area contributed by atoms with Crippen molar-refractivity contribution < 1.29 is 13.2 Å². The van der Waals surface area contributed by atoms with Crippen LogP contribution < -0.4 is 10.0 Å². The van der Waals surface area contributed by atoms with Crippen molar-refractivity contribution in [3.63, 3.8) is 0 Å². The van der Waals surface area contributed by atoms with Crippen molar-refractivity contribution in [3.05, 3.63) is 81.7 Å². The van der Waals surface area contributed by atoms with E-state index in [1.54, 1.807) is 43.3 Å². The molecule has 0 saturated carbocycles. The van der Waals surface area contributed by atoms with Crippen LogP contribution in [0.25, 0.3) is 0 Å². The average molecular weight is 493 g/mol. The fraction of sp³-hybridized carbons (Fsp3) is 0.0526. The van der Waals surface area contributed by atoms with Crippen LogP contribution in [0, 0.1) is 10.5 Å². The van der Waals surface area contributed by atoms with Crippen LogP contribution in [0.15, 0.2) is 71.9 Å². The number of halogens is 1. The molecule has 1 aromatic heterocycles. The molecule has 2 aromatic carbocycles. The minimum Gasteiger partial charge on any atom is -0.322 e. The predicted molar refractivity (Wildman–Crippen MR) is 113 cm³/mol. The maximum atomic E-state index is 12.8. The van der Waals surface area contributed by atoms with E-state index in [1.807, 2.05) is 12.1 Å². The van der Waals surface area contributed by atoms with Crippen molar-refractivity contribution in [2.75, 3.05) is 10.0 Å². The van der Waals surface area contributed by atoms with E-state index in [-0.39, 0.29) is 10.8 Å². The molecule has 3 aromatic rings. The lowest BCUT2D eigenvalue weighted by molar-refractivity contribution is 0.102. The van der Waals surface area contributed by atoms with E-state index in [4.69, 9.17) is 0 Å². The summed E-state index contributed by atoms with van der Waals surface area (Å²) in [7, 11) is -3.79. The lowest BCUT2D eigenvalue weighted by Crippen LogP contribution is -2.16. The number of benzene rings is 2. The van der Waals surface area contributed by atoms with Gasteiger partial charge in [0.2, 0.25) is 0 Å². The van der Waals surface area contributed by atoms with Crippen molar-refractivity contribution in [1.82, 2.24) is 4.98 Å². The molecule has 2 N–H and O–H groups in total. The van der Waals surface area contributed by atoms with E-state index in [0.29, 0.717) is 22.5 Å². The topological polar surface area (TPSA) is 88.2 Å². The number of carbonyl (C=O) groups excluding carboxylic acids is 1. The van der Waals surface area contributed by atoms with Crippen molar-refractivity contribution in [3.8, 4) is 0 Å². The number of carbonyl (C=O) groups is 1. The molecule has 0 aliphatic carbocycles. The van der Waals surface area contributed by atoms with Crippen LogP contribution in [0.5, 0.6) is 0 Å². The minimum absolute atomic E-state index is 0.105. The van der Waals surface area contributed by atoms with Crippen LogP contribution in [0.3, 0.4) is 0 Å². The lowest BCUT2D eigenvalue weighted by atomic mass is 10.2. The van der Waals surface area contributed by atoms with Crippen LogP contribution in [0.4, 0.5) is 11.4 Å². The second-order valence-corrected chi connectivity index (χ2v) is 8.68. The Bertz CT molecular complexity index is 1070. The van der Waals surface area contributed by atoms with Gasteiger partial charge in [-0.1, -0.05) is 6.07 Å². The van der Waals surface area contributed by atoms with Crippen molar-refractivity contribution in [2.45, 2.75) is 11.8 Å². The highest BCUT2D eigenvalue weighted by molar-refractivity contribution is 14.1.